The van der Waals surface area contributed by atoms with Crippen molar-refractivity contribution in [1.29, 1.82) is 0 Å². The van der Waals surface area contributed by atoms with Gasteiger partial charge in [0.25, 0.3) is 0 Å². The molecule has 1 unspecified atom stereocenters. The number of hydrogen-bond acceptors (Lipinski definition) is 10. The minimum atomic E-state index is -4.09. The summed E-state index contributed by atoms with van der Waals surface area (Å²) >= 11 is 0. The summed E-state index contributed by atoms with van der Waals surface area (Å²) < 4.78 is 53.1. The van der Waals surface area contributed by atoms with Crippen LogP contribution in [0.1, 0.15) is 123 Å². The molecule has 1 aromatic carbocycles. The van der Waals surface area contributed by atoms with E-state index in [1.165, 1.54) is 70.5 Å². The molecule has 1 aliphatic rings. The van der Waals surface area contributed by atoms with Gasteiger partial charge in [-0.3, -0.25) is 13.9 Å². The molecule has 0 spiro atoms. The van der Waals surface area contributed by atoms with Crippen molar-refractivity contribution in [2.45, 2.75) is 135 Å². The number of benzene rings is 1. The van der Waals surface area contributed by atoms with Gasteiger partial charge in [0.05, 0.1) is 25.1 Å². The van der Waals surface area contributed by atoms with E-state index in [9.17, 15) is 13.8 Å². The van der Waals surface area contributed by atoms with Crippen LogP contribution in [0.3, 0.4) is 0 Å². The highest BCUT2D eigenvalue weighted by Crippen LogP contribution is 2.48. The molecule has 4 atom stereocenters. The molecule has 3 heterocycles. The number of imidazole rings is 1. The predicted octanol–water partition coefficient (Wildman–Crippen LogP) is 8.43. The van der Waals surface area contributed by atoms with Crippen molar-refractivity contribution in [2.24, 2.45) is 0 Å². The topological polar surface area (TPSA) is 153 Å². The number of nitrogens with zero attached hydrogens (tertiary/aromatic N) is 4. The molecule has 1 aliphatic heterocycles. The van der Waals surface area contributed by atoms with Crippen LogP contribution in [0.5, 0.6) is 5.75 Å². The van der Waals surface area contributed by atoms with E-state index in [4.69, 9.17) is 24.3 Å². The Labute approximate surface area is 289 Å². The first-order valence-electron chi connectivity index (χ1n) is 17.9. The maximum absolute atomic E-state index is 14.1. The van der Waals surface area contributed by atoms with Gasteiger partial charge in [-0.2, -0.15) is 19.4 Å². The summed E-state index contributed by atoms with van der Waals surface area (Å²) in [6, 6.07) is 7.63. The molecule has 0 amide bonds. The van der Waals surface area contributed by atoms with E-state index in [1.807, 2.05) is 6.92 Å². The third kappa shape index (κ3) is 12.3. The third-order valence-corrected chi connectivity index (χ3v) is 10.4. The summed E-state index contributed by atoms with van der Waals surface area (Å²) in [6.07, 6.45) is 17.0. The number of nitrogens with two attached hydrogens (primary N) is 1. The van der Waals surface area contributed by atoms with Crippen molar-refractivity contribution in [3.05, 3.63) is 42.7 Å². The maximum Gasteiger partial charge on any atom is 0.459 e. The molecule has 2 aromatic heterocycles. The second-order valence-electron chi connectivity index (χ2n) is 13.2. The molecule has 3 aromatic rings. The fraction of sp³-hybridized carbons (Fsp3) is 0.657. The Balaban J connectivity index is 1.22. The van der Waals surface area contributed by atoms with Gasteiger partial charge >= 0.3 is 19.8 Å². The van der Waals surface area contributed by atoms with E-state index in [0.29, 0.717) is 25.2 Å². The lowest BCUT2D eigenvalue weighted by Crippen LogP contribution is -2.37. The van der Waals surface area contributed by atoms with Gasteiger partial charge in [0.15, 0.2) is 17.0 Å². The van der Waals surface area contributed by atoms with Gasteiger partial charge in [-0.1, -0.05) is 102 Å². The largest absolute Gasteiger partial charge is 0.465 e. The molecule has 3 N–H and O–H groups in total. The molecule has 12 nitrogen and oxygen atoms in total. The van der Waals surface area contributed by atoms with Gasteiger partial charge in [0.1, 0.15) is 18.0 Å². The highest BCUT2D eigenvalue weighted by molar-refractivity contribution is 7.52. The maximum atomic E-state index is 14.1. The fourth-order valence-corrected chi connectivity index (χ4v) is 7.54. The molecule has 1 fully saturated rings. The molecule has 49 heavy (non-hydrogen) atoms. The third-order valence-electron chi connectivity index (χ3n) is 8.78. The average Bonchev–Trinajstić information content (AvgIpc) is 3.68. The zero-order valence-electron chi connectivity index (χ0n) is 29.3. The first-order valence-corrected chi connectivity index (χ1v) is 19.4. The molecule has 4 rings (SSSR count). The number of aromatic nitrogens is 4. The Kier molecular flexibility index (Phi) is 15.2. The number of anilines is 1. The molecule has 0 bridgehead atoms. The second-order valence-corrected chi connectivity index (χ2v) is 14.9. The Morgan fingerprint density at radius 2 is 1.69 bits per heavy atom. The minimum Gasteiger partial charge on any atom is -0.465 e. The zero-order chi connectivity index (χ0) is 35.1. The number of para-hydroxylation sites is 1. The standard InChI is InChI=1S/C35H54FN6O6P/c1-4-5-6-7-8-9-10-11-12-13-14-15-19-24-45-33(43)27(2)41-49(44,48-28-20-17-16-18-21-28)46-25-35(3)23-22-29(47-35)42-26-38-30-31(37)39-34(36)40-32(30)42/h16-18,20-21,26-27,29H,4-15,19,22-25H2,1-3H3,(H,41,44)(H2,37,39,40)/t27-,29+,35-,49?/m0/s1. The highest BCUT2D eigenvalue weighted by atomic mass is 31.2. The Hall–Kier alpha value is -3.12. The normalized spacial score (nSPS) is 19.6. The number of unbranched alkanes of at least 4 members (excludes halogenated alkanes) is 12. The van der Waals surface area contributed by atoms with Crippen molar-refractivity contribution in [1.82, 2.24) is 24.6 Å². The number of nitrogen functional groups attached to an aromatic ring is 1. The van der Waals surface area contributed by atoms with Crippen LogP contribution >= 0.6 is 7.75 Å². The number of carbonyl (C=O) groups excluding carboxylic acids is 1. The minimum absolute atomic E-state index is 0.0626. The lowest BCUT2D eigenvalue weighted by Gasteiger charge is -2.28. The Bertz CT molecular complexity index is 1500. The summed E-state index contributed by atoms with van der Waals surface area (Å²) in [6.45, 7) is 5.80. The molecule has 0 aliphatic carbocycles. The van der Waals surface area contributed by atoms with Crippen LogP contribution in [-0.2, 0) is 23.4 Å². The number of hydrogen-bond donors (Lipinski definition) is 2. The number of fused-ring (bicyclic) bond motifs is 1. The van der Waals surface area contributed by atoms with Crippen LogP contribution < -0.4 is 15.3 Å². The van der Waals surface area contributed by atoms with Crippen molar-refractivity contribution in [3.8, 4) is 5.75 Å². The van der Waals surface area contributed by atoms with E-state index >= 15 is 0 Å². The van der Waals surface area contributed by atoms with E-state index in [2.05, 4.69) is 27.0 Å². The molecule has 1 saturated heterocycles. The van der Waals surface area contributed by atoms with Gasteiger partial charge in [-0.25, -0.2) is 9.55 Å². The highest BCUT2D eigenvalue weighted by Gasteiger charge is 2.42. The van der Waals surface area contributed by atoms with Gasteiger partial charge in [0, 0.05) is 0 Å². The smallest absolute Gasteiger partial charge is 0.459 e. The summed E-state index contributed by atoms with van der Waals surface area (Å²) in [5.41, 5.74) is 5.40. The van der Waals surface area contributed by atoms with Crippen LogP contribution in [0.4, 0.5) is 10.2 Å². The van der Waals surface area contributed by atoms with Gasteiger partial charge < -0.3 is 19.7 Å². The van der Waals surface area contributed by atoms with E-state index in [0.717, 1.165) is 19.3 Å². The second kappa shape index (κ2) is 19.3. The summed E-state index contributed by atoms with van der Waals surface area (Å²) in [5.74, 6) is -0.291. The SMILES string of the molecule is CCCCCCCCCCCCCCCOC(=O)[C@H](C)NP(=O)(OC[C@]1(C)CC[C@H](n2cnc3c(N)nc(F)nc32)O1)Oc1ccccc1. The first kappa shape index (κ1) is 38.7. The predicted molar refractivity (Wildman–Crippen MR) is 187 cm³/mol. The molecule has 272 valence electrons. The summed E-state index contributed by atoms with van der Waals surface area (Å²) in [5, 5.41) is 2.75. The van der Waals surface area contributed by atoms with Crippen LogP contribution in [-0.4, -0.2) is 50.3 Å². The van der Waals surface area contributed by atoms with Crippen molar-refractivity contribution in [2.75, 3.05) is 18.9 Å². The fourth-order valence-electron chi connectivity index (χ4n) is 5.94. The number of nitrogens with one attached hydrogen (secondary N) is 1. The van der Waals surface area contributed by atoms with E-state index in [-0.39, 0.29) is 23.6 Å². The van der Waals surface area contributed by atoms with Crippen LogP contribution in [0.15, 0.2) is 36.7 Å². The monoisotopic (exact) mass is 704 g/mol. The molecular weight excluding hydrogens is 650 g/mol. The number of rotatable bonds is 23. The Morgan fingerprint density at radius 1 is 1.06 bits per heavy atom. The van der Waals surface area contributed by atoms with Gasteiger partial charge in [0.2, 0.25) is 0 Å². The molecule has 0 radical (unpaired) electrons. The van der Waals surface area contributed by atoms with E-state index < -0.39 is 37.7 Å². The van der Waals surface area contributed by atoms with E-state index in [1.54, 1.807) is 41.8 Å². The average molecular weight is 705 g/mol. The van der Waals surface area contributed by atoms with Crippen molar-refractivity contribution in [3.63, 3.8) is 0 Å². The number of carbonyl (C=O) groups is 1. The summed E-state index contributed by atoms with van der Waals surface area (Å²) in [4.78, 5) is 24.4. The number of ether oxygens (including phenoxy) is 2. The number of esters is 1. The van der Waals surface area contributed by atoms with Crippen LogP contribution in [0.2, 0.25) is 0 Å². The van der Waals surface area contributed by atoms with Crippen molar-refractivity contribution >= 4 is 30.7 Å². The first-order chi connectivity index (χ1) is 23.6. The molecular formula is C35H54FN6O6P. The van der Waals surface area contributed by atoms with Crippen molar-refractivity contribution < 1.29 is 32.3 Å². The Morgan fingerprint density at radius 3 is 2.35 bits per heavy atom. The number of halogens is 1. The molecule has 0 saturated carbocycles. The van der Waals surface area contributed by atoms with Gasteiger partial charge in [-0.15, -0.1) is 0 Å². The van der Waals surface area contributed by atoms with Crippen LogP contribution in [0.25, 0.3) is 11.2 Å². The lowest BCUT2D eigenvalue weighted by atomic mass is 10.0. The van der Waals surface area contributed by atoms with Crippen LogP contribution in [0, 0.1) is 6.08 Å². The zero-order valence-corrected chi connectivity index (χ0v) is 30.2. The van der Waals surface area contributed by atoms with Gasteiger partial charge in [-0.05, 0) is 45.2 Å². The summed E-state index contributed by atoms with van der Waals surface area (Å²) in [7, 11) is -4.09. The lowest BCUT2D eigenvalue weighted by molar-refractivity contribution is -0.145. The quantitative estimate of drug-likeness (QED) is 0.0423. The molecule has 14 heteroatoms.